The fraction of sp³-hybridized carbons (Fsp3) is 0.625. The fourth-order valence-corrected chi connectivity index (χ4v) is 2.56. The second-order valence-corrected chi connectivity index (χ2v) is 5.71. The summed E-state index contributed by atoms with van der Waals surface area (Å²) in [4.78, 5) is 0. The van der Waals surface area contributed by atoms with E-state index in [1.807, 2.05) is 12.1 Å². The van der Waals surface area contributed by atoms with E-state index in [2.05, 4.69) is 12.2 Å². The predicted molar refractivity (Wildman–Crippen MR) is 75.5 cm³/mol. The molecule has 3 heteroatoms. The molecule has 2 nitrogen and oxygen atoms in total. The van der Waals surface area contributed by atoms with E-state index < -0.39 is 5.60 Å². The molecule has 19 heavy (non-hydrogen) atoms. The number of rotatable bonds is 7. The summed E-state index contributed by atoms with van der Waals surface area (Å²) in [7, 11) is 0. The van der Waals surface area contributed by atoms with Crippen molar-refractivity contribution < 1.29 is 9.50 Å². The number of halogens is 1. The van der Waals surface area contributed by atoms with E-state index in [9.17, 15) is 9.50 Å². The van der Waals surface area contributed by atoms with Crippen LogP contribution in [0.4, 0.5) is 4.39 Å². The summed E-state index contributed by atoms with van der Waals surface area (Å²) < 4.78 is 13.0. The molecule has 0 aliphatic heterocycles. The molecule has 0 amide bonds. The minimum atomic E-state index is -0.509. The Labute approximate surface area is 115 Å². The SMILES string of the molecule is CCCCC(NCC1(O)CCC1)c1ccc(F)cc1. The molecule has 1 saturated carbocycles. The van der Waals surface area contributed by atoms with Crippen LogP contribution >= 0.6 is 0 Å². The van der Waals surface area contributed by atoms with Crippen molar-refractivity contribution in [2.75, 3.05) is 6.54 Å². The molecule has 0 heterocycles. The van der Waals surface area contributed by atoms with Crippen LogP contribution in [0.25, 0.3) is 0 Å². The van der Waals surface area contributed by atoms with Crippen molar-refractivity contribution in [3.63, 3.8) is 0 Å². The first kappa shape index (κ1) is 14.5. The summed E-state index contributed by atoms with van der Waals surface area (Å²) in [5.41, 5.74) is 0.600. The number of unbranched alkanes of at least 4 members (excludes halogenated alkanes) is 1. The Morgan fingerprint density at radius 1 is 1.32 bits per heavy atom. The van der Waals surface area contributed by atoms with Gasteiger partial charge in [0.25, 0.3) is 0 Å². The van der Waals surface area contributed by atoms with Crippen LogP contribution in [0.3, 0.4) is 0 Å². The minimum absolute atomic E-state index is 0.199. The number of benzene rings is 1. The van der Waals surface area contributed by atoms with Crippen molar-refractivity contribution in [2.45, 2.75) is 57.1 Å². The normalized spacial score (nSPS) is 18.9. The molecule has 0 saturated heterocycles. The molecule has 1 atom stereocenters. The molecule has 0 bridgehead atoms. The summed E-state index contributed by atoms with van der Waals surface area (Å²) in [5.74, 6) is -0.199. The zero-order valence-electron chi connectivity index (χ0n) is 11.7. The van der Waals surface area contributed by atoms with E-state index in [1.54, 1.807) is 0 Å². The first-order valence-corrected chi connectivity index (χ1v) is 7.34. The molecule has 2 N–H and O–H groups in total. The van der Waals surface area contributed by atoms with Crippen LogP contribution in [-0.4, -0.2) is 17.3 Å². The van der Waals surface area contributed by atoms with Gasteiger partial charge in [0.15, 0.2) is 0 Å². The van der Waals surface area contributed by atoms with E-state index in [-0.39, 0.29) is 11.9 Å². The molecule has 1 fully saturated rings. The van der Waals surface area contributed by atoms with Gasteiger partial charge in [0.2, 0.25) is 0 Å². The van der Waals surface area contributed by atoms with E-state index in [0.29, 0.717) is 6.54 Å². The first-order valence-electron chi connectivity index (χ1n) is 7.34. The molecular weight excluding hydrogens is 241 g/mol. The molecule has 1 unspecified atom stereocenters. The molecule has 1 aliphatic carbocycles. The van der Waals surface area contributed by atoms with Crippen LogP contribution in [0.15, 0.2) is 24.3 Å². The molecule has 1 aromatic carbocycles. The van der Waals surface area contributed by atoms with Gasteiger partial charge >= 0.3 is 0 Å². The van der Waals surface area contributed by atoms with Gasteiger partial charge in [0.1, 0.15) is 5.82 Å². The number of aliphatic hydroxyl groups is 1. The number of hydrogen-bond donors (Lipinski definition) is 2. The van der Waals surface area contributed by atoms with Gasteiger partial charge in [-0.15, -0.1) is 0 Å². The molecule has 106 valence electrons. The van der Waals surface area contributed by atoms with Crippen molar-refractivity contribution in [2.24, 2.45) is 0 Å². The Balaban J connectivity index is 1.96. The van der Waals surface area contributed by atoms with Crippen LogP contribution in [-0.2, 0) is 0 Å². The highest BCUT2D eigenvalue weighted by molar-refractivity contribution is 5.20. The summed E-state index contributed by atoms with van der Waals surface area (Å²) in [5, 5.41) is 13.6. The van der Waals surface area contributed by atoms with Crippen LogP contribution in [0, 0.1) is 5.82 Å². The van der Waals surface area contributed by atoms with Crippen molar-refractivity contribution >= 4 is 0 Å². The van der Waals surface area contributed by atoms with Crippen molar-refractivity contribution in [3.05, 3.63) is 35.6 Å². The van der Waals surface area contributed by atoms with Crippen molar-refractivity contribution in [1.82, 2.24) is 5.32 Å². The van der Waals surface area contributed by atoms with Gasteiger partial charge in [-0.2, -0.15) is 0 Å². The zero-order valence-corrected chi connectivity index (χ0v) is 11.7. The van der Waals surface area contributed by atoms with Crippen LogP contribution in [0.2, 0.25) is 0 Å². The Hall–Kier alpha value is -0.930. The van der Waals surface area contributed by atoms with E-state index >= 15 is 0 Å². The second kappa shape index (κ2) is 6.49. The zero-order chi connectivity index (χ0) is 13.7. The maximum absolute atomic E-state index is 13.0. The van der Waals surface area contributed by atoms with Gasteiger partial charge in [-0.05, 0) is 43.4 Å². The smallest absolute Gasteiger partial charge is 0.123 e. The maximum atomic E-state index is 13.0. The predicted octanol–water partition coefficient (Wildman–Crippen LogP) is 3.56. The lowest BCUT2D eigenvalue weighted by atomic mass is 9.80. The van der Waals surface area contributed by atoms with Crippen LogP contribution in [0.5, 0.6) is 0 Å². The maximum Gasteiger partial charge on any atom is 0.123 e. The van der Waals surface area contributed by atoms with E-state index in [1.165, 1.54) is 12.1 Å². The quantitative estimate of drug-likeness (QED) is 0.790. The van der Waals surface area contributed by atoms with Gasteiger partial charge in [-0.25, -0.2) is 4.39 Å². The van der Waals surface area contributed by atoms with Crippen LogP contribution < -0.4 is 5.32 Å². The summed E-state index contributed by atoms with van der Waals surface area (Å²) in [6, 6.07) is 6.91. The van der Waals surface area contributed by atoms with Gasteiger partial charge in [0, 0.05) is 12.6 Å². The third kappa shape index (κ3) is 4.02. The minimum Gasteiger partial charge on any atom is -0.389 e. The summed E-state index contributed by atoms with van der Waals surface area (Å²) in [6.45, 7) is 2.81. The first-order chi connectivity index (χ1) is 9.13. The molecule has 1 aliphatic rings. The number of hydrogen-bond acceptors (Lipinski definition) is 2. The fourth-order valence-electron chi connectivity index (χ4n) is 2.56. The number of nitrogens with one attached hydrogen (secondary N) is 1. The molecule has 0 spiro atoms. The molecule has 0 radical (unpaired) electrons. The van der Waals surface area contributed by atoms with Gasteiger partial charge in [-0.1, -0.05) is 31.9 Å². The van der Waals surface area contributed by atoms with Crippen molar-refractivity contribution in [1.29, 1.82) is 0 Å². The highest BCUT2D eigenvalue weighted by atomic mass is 19.1. The Morgan fingerprint density at radius 2 is 2.00 bits per heavy atom. The standard InChI is InChI=1S/C16H24FNO/c1-2-3-5-15(13-6-8-14(17)9-7-13)18-12-16(19)10-4-11-16/h6-9,15,18-19H,2-5,10-12H2,1H3. The molecule has 0 aromatic heterocycles. The largest absolute Gasteiger partial charge is 0.389 e. The lowest BCUT2D eigenvalue weighted by molar-refractivity contribution is -0.0335. The monoisotopic (exact) mass is 265 g/mol. The second-order valence-electron chi connectivity index (χ2n) is 5.71. The van der Waals surface area contributed by atoms with Crippen molar-refractivity contribution in [3.8, 4) is 0 Å². The Bertz CT molecular complexity index is 386. The lowest BCUT2D eigenvalue weighted by Gasteiger charge is -2.38. The van der Waals surface area contributed by atoms with E-state index in [4.69, 9.17) is 0 Å². The van der Waals surface area contributed by atoms with Gasteiger partial charge in [0.05, 0.1) is 5.60 Å². The summed E-state index contributed by atoms with van der Waals surface area (Å²) >= 11 is 0. The third-order valence-electron chi connectivity index (χ3n) is 4.08. The highest BCUT2D eigenvalue weighted by Crippen LogP contribution is 2.31. The molecule has 2 rings (SSSR count). The van der Waals surface area contributed by atoms with Gasteiger partial charge in [-0.3, -0.25) is 0 Å². The van der Waals surface area contributed by atoms with Gasteiger partial charge < -0.3 is 10.4 Å². The Morgan fingerprint density at radius 3 is 2.53 bits per heavy atom. The van der Waals surface area contributed by atoms with Crippen LogP contribution in [0.1, 0.15) is 57.1 Å². The third-order valence-corrected chi connectivity index (χ3v) is 4.08. The lowest BCUT2D eigenvalue weighted by Crippen LogP contribution is -2.47. The highest BCUT2D eigenvalue weighted by Gasteiger charge is 2.34. The molecule has 1 aromatic rings. The van der Waals surface area contributed by atoms with E-state index in [0.717, 1.165) is 44.1 Å². The Kier molecular flexibility index (Phi) is 4.94. The average molecular weight is 265 g/mol. The molecular formula is C16H24FNO. The average Bonchev–Trinajstić information content (AvgIpc) is 2.38. The summed E-state index contributed by atoms with van der Waals surface area (Å²) in [6.07, 6.45) is 6.21. The topological polar surface area (TPSA) is 32.3 Å².